The average Bonchev–Trinajstić information content (AvgIpc) is 3.13. The molecule has 1 saturated heterocycles. The molecular weight excluding hydrogens is 557 g/mol. The van der Waals surface area contributed by atoms with E-state index < -0.39 is 46.6 Å². The molecule has 1 aliphatic rings. The van der Waals surface area contributed by atoms with E-state index in [2.05, 4.69) is 6.07 Å². The Morgan fingerprint density at radius 2 is 1.80 bits per heavy atom. The van der Waals surface area contributed by atoms with Crippen molar-refractivity contribution < 1.29 is 23.0 Å². The van der Waals surface area contributed by atoms with Crippen LogP contribution in [-0.2, 0) is 21.5 Å². The van der Waals surface area contributed by atoms with Gasteiger partial charge in [0, 0.05) is 29.1 Å². The van der Waals surface area contributed by atoms with E-state index in [9.17, 15) is 10.1 Å². The number of esters is 1. The predicted molar refractivity (Wildman–Crippen MR) is 150 cm³/mol. The molecule has 4 atom stereocenters. The lowest BCUT2D eigenvalue weighted by molar-refractivity contribution is -0.161. The Bertz CT molecular complexity index is 1470. The summed E-state index contributed by atoms with van der Waals surface area (Å²) in [6.07, 6.45) is 0. The third kappa shape index (κ3) is 5.41. The highest BCUT2D eigenvalue weighted by atomic mass is 35.5. The van der Waals surface area contributed by atoms with Crippen LogP contribution in [0.1, 0.15) is 50.3 Å². The van der Waals surface area contributed by atoms with Crippen LogP contribution in [0.4, 0.5) is 8.78 Å². The van der Waals surface area contributed by atoms with Gasteiger partial charge in [-0.1, -0.05) is 53.5 Å². The molecule has 3 aromatic rings. The molecule has 0 N–H and O–H groups in total. The molecule has 0 saturated carbocycles. The van der Waals surface area contributed by atoms with Crippen molar-refractivity contribution in [1.82, 2.24) is 4.90 Å². The SMILES string of the molecule is COc1cccc(CN2C(C)[C@](C#N)(c3ccc(Cl)cc3F)[C@@H](c3cccc(Cl)c3F)[C@@H]2C(=O)OC(C)(C)C)c1. The molecule has 210 valence electrons. The molecule has 0 bridgehead atoms. The van der Waals surface area contributed by atoms with Gasteiger partial charge in [0.15, 0.2) is 0 Å². The molecule has 40 heavy (non-hydrogen) atoms. The Balaban J connectivity index is 2.03. The number of hydrogen-bond acceptors (Lipinski definition) is 5. The fourth-order valence-corrected chi connectivity index (χ4v) is 6.01. The topological polar surface area (TPSA) is 62.6 Å². The summed E-state index contributed by atoms with van der Waals surface area (Å²) < 4.78 is 42.8. The molecular formula is C31H30Cl2F2N2O3. The molecule has 4 rings (SSSR count). The monoisotopic (exact) mass is 586 g/mol. The molecule has 1 heterocycles. The fourth-order valence-electron chi connectivity index (χ4n) is 5.67. The minimum absolute atomic E-state index is 0.00187. The summed E-state index contributed by atoms with van der Waals surface area (Å²) in [4.78, 5) is 15.8. The summed E-state index contributed by atoms with van der Waals surface area (Å²) in [5.74, 6) is -2.78. The van der Waals surface area contributed by atoms with Crippen LogP contribution in [-0.4, -0.2) is 35.7 Å². The quantitative estimate of drug-likeness (QED) is 0.281. The van der Waals surface area contributed by atoms with Gasteiger partial charge in [-0.25, -0.2) is 8.78 Å². The van der Waals surface area contributed by atoms with Crippen molar-refractivity contribution in [3.63, 3.8) is 0 Å². The summed E-state index contributed by atoms with van der Waals surface area (Å²) in [5, 5.41) is 10.9. The standard InChI is InChI=1S/C31H30Cl2F2N2O3/c1-18-31(17-36,23-13-12-20(32)15-25(23)34)26(22-10-7-11-24(33)27(22)35)28(29(38)40-30(2,3)4)37(18)16-19-8-6-9-21(14-19)39-5/h6-15,18,26,28H,16H2,1-5H3/t18?,26-,28+,31+/m0/s1. The van der Waals surface area contributed by atoms with E-state index >= 15 is 8.78 Å². The molecule has 0 aliphatic carbocycles. The third-order valence-corrected chi connectivity index (χ3v) is 7.87. The minimum atomic E-state index is -1.74. The molecule has 0 radical (unpaired) electrons. The summed E-state index contributed by atoms with van der Waals surface area (Å²) in [7, 11) is 1.54. The number of nitriles is 1. The molecule has 0 aromatic heterocycles. The first-order valence-electron chi connectivity index (χ1n) is 12.8. The Labute approximate surface area is 243 Å². The van der Waals surface area contributed by atoms with Gasteiger partial charge in [-0.3, -0.25) is 9.69 Å². The van der Waals surface area contributed by atoms with Gasteiger partial charge in [-0.2, -0.15) is 5.26 Å². The number of benzene rings is 3. The van der Waals surface area contributed by atoms with Crippen LogP contribution < -0.4 is 4.74 Å². The Morgan fingerprint density at radius 1 is 1.10 bits per heavy atom. The summed E-state index contributed by atoms with van der Waals surface area (Å²) in [6.45, 7) is 7.07. The van der Waals surface area contributed by atoms with Crippen LogP contribution in [0.25, 0.3) is 0 Å². The second-order valence-electron chi connectivity index (χ2n) is 10.9. The van der Waals surface area contributed by atoms with Crippen molar-refractivity contribution in [2.24, 2.45) is 0 Å². The number of halogens is 4. The van der Waals surface area contributed by atoms with Gasteiger partial charge >= 0.3 is 5.97 Å². The molecule has 1 fully saturated rings. The van der Waals surface area contributed by atoms with Crippen LogP contribution in [0.5, 0.6) is 5.75 Å². The molecule has 1 aliphatic heterocycles. The third-order valence-electron chi connectivity index (χ3n) is 7.35. The van der Waals surface area contributed by atoms with Gasteiger partial charge in [-0.05, 0) is 69.2 Å². The zero-order valence-electron chi connectivity index (χ0n) is 22.8. The van der Waals surface area contributed by atoms with Crippen molar-refractivity contribution in [1.29, 1.82) is 5.26 Å². The van der Waals surface area contributed by atoms with Gasteiger partial charge in [-0.15, -0.1) is 0 Å². The van der Waals surface area contributed by atoms with Crippen molar-refractivity contribution in [3.05, 3.63) is 99.0 Å². The van der Waals surface area contributed by atoms with E-state index in [1.54, 1.807) is 51.8 Å². The van der Waals surface area contributed by atoms with E-state index in [0.29, 0.717) is 5.75 Å². The molecule has 3 aromatic carbocycles. The fraction of sp³-hybridized carbons (Fsp3) is 0.355. The van der Waals surface area contributed by atoms with E-state index in [1.165, 1.54) is 24.3 Å². The summed E-state index contributed by atoms with van der Waals surface area (Å²) in [5.41, 5.74) is -1.84. The number of rotatable bonds is 6. The number of carbonyl (C=O) groups is 1. The zero-order valence-corrected chi connectivity index (χ0v) is 24.4. The van der Waals surface area contributed by atoms with E-state index in [-0.39, 0.29) is 27.7 Å². The molecule has 9 heteroatoms. The highest BCUT2D eigenvalue weighted by Gasteiger charge is 2.63. The van der Waals surface area contributed by atoms with Gasteiger partial charge < -0.3 is 9.47 Å². The van der Waals surface area contributed by atoms with Crippen molar-refractivity contribution >= 4 is 29.2 Å². The maximum absolute atomic E-state index is 15.8. The second-order valence-corrected chi connectivity index (χ2v) is 11.7. The molecule has 1 unspecified atom stereocenters. The van der Waals surface area contributed by atoms with E-state index in [1.807, 2.05) is 18.2 Å². The molecule has 0 amide bonds. The first kappa shape index (κ1) is 29.8. The number of carbonyl (C=O) groups excluding carboxylic acids is 1. The minimum Gasteiger partial charge on any atom is -0.497 e. The van der Waals surface area contributed by atoms with Crippen LogP contribution in [0.15, 0.2) is 60.7 Å². The largest absolute Gasteiger partial charge is 0.497 e. The molecule has 5 nitrogen and oxygen atoms in total. The van der Waals surface area contributed by atoms with E-state index in [4.69, 9.17) is 32.7 Å². The van der Waals surface area contributed by atoms with E-state index in [0.717, 1.165) is 11.6 Å². The Kier molecular flexibility index (Phi) is 8.46. The highest BCUT2D eigenvalue weighted by Crippen LogP contribution is 2.55. The van der Waals surface area contributed by atoms with Gasteiger partial charge in [0.25, 0.3) is 0 Å². The molecule has 0 spiro atoms. The number of ether oxygens (including phenoxy) is 2. The van der Waals surface area contributed by atoms with Gasteiger partial charge in [0.2, 0.25) is 0 Å². The van der Waals surface area contributed by atoms with Crippen LogP contribution in [0.2, 0.25) is 10.0 Å². The van der Waals surface area contributed by atoms with Crippen molar-refractivity contribution in [2.75, 3.05) is 7.11 Å². The number of hydrogen-bond donors (Lipinski definition) is 0. The first-order chi connectivity index (χ1) is 18.8. The normalized spacial score (nSPS) is 23.1. The Morgan fingerprint density at radius 3 is 2.42 bits per heavy atom. The van der Waals surface area contributed by atoms with Crippen molar-refractivity contribution in [2.45, 2.75) is 63.3 Å². The summed E-state index contributed by atoms with van der Waals surface area (Å²) in [6, 6.07) is 16.0. The zero-order chi connectivity index (χ0) is 29.4. The maximum Gasteiger partial charge on any atom is 0.324 e. The number of nitrogens with zero attached hydrogens (tertiary/aromatic N) is 2. The Hall–Kier alpha value is -3.18. The number of methoxy groups -OCH3 is 1. The first-order valence-corrected chi connectivity index (χ1v) is 13.5. The average molecular weight is 587 g/mol. The van der Waals surface area contributed by atoms with Gasteiger partial charge in [0.1, 0.15) is 34.4 Å². The van der Waals surface area contributed by atoms with Crippen LogP contribution in [0, 0.1) is 23.0 Å². The van der Waals surface area contributed by atoms with Crippen LogP contribution >= 0.6 is 23.2 Å². The second kappa shape index (κ2) is 11.4. The number of likely N-dealkylation sites (tertiary alicyclic amines) is 1. The predicted octanol–water partition coefficient (Wildman–Crippen LogP) is 7.44. The lowest BCUT2D eigenvalue weighted by Gasteiger charge is -2.34. The van der Waals surface area contributed by atoms with Gasteiger partial charge in [0.05, 0.1) is 18.2 Å². The van der Waals surface area contributed by atoms with Crippen LogP contribution in [0.3, 0.4) is 0 Å². The lowest BCUT2D eigenvalue weighted by atomic mass is 9.65. The maximum atomic E-state index is 15.8. The van der Waals surface area contributed by atoms with Crippen molar-refractivity contribution in [3.8, 4) is 11.8 Å². The smallest absolute Gasteiger partial charge is 0.324 e. The summed E-state index contributed by atoms with van der Waals surface area (Å²) >= 11 is 12.3. The lowest BCUT2D eigenvalue weighted by Crippen LogP contribution is -2.44. The highest BCUT2D eigenvalue weighted by molar-refractivity contribution is 6.31.